The van der Waals surface area contributed by atoms with E-state index >= 15 is 0 Å². The summed E-state index contributed by atoms with van der Waals surface area (Å²) in [6, 6.07) is 5.76. The van der Waals surface area contributed by atoms with Gasteiger partial charge in [-0.1, -0.05) is 6.42 Å². The molecule has 0 amide bonds. The first-order valence-electron chi connectivity index (χ1n) is 7.14. The van der Waals surface area contributed by atoms with Gasteiger partial charge in [-0.2, -0.15) is 10.4 Å². The van der Waals surface area contributed by atoms with Crippen LogP contribution in [-0.2, 0) is 0 Å². The Morgan fingerprint density at radius 3 is 2.77 bits per heavy atom. The van der Waals surface area contributed by atoms with Gasteiger partial charge >= 0.3 is 0 Å². The van der Waals surface area contributed by atoms with Crippen LogP contribution in [-0.4, -0.2) is 17.7 Å². The van der Waals surface area contributed by atoms with Gasteiger partial charge < -0.3 is 10.5 Å². The van der Waals surface area contributed by atoms with E-state index in [9.17, 15) is 4.39 Å². The zero-order chi connectivity index (χ0) is 15.9. The second-order valence-corrected chi connectivity index (χ2v) is 5.12. The number of hydrogen-bond acceptors (Lipinski definition) is 5. The Labute approximate surface area is 128 Å². The maximum absolute atomic E-state index is 13.4. The molecule has 0 bridgehead atoms. The van der Waals surface area contributed by atoms with Crippen molar-refractivity contribution in [3.63, 3.8) is 0 Å². The molecule has 0 radical (unpaired) electrons. The zero-order valence-corrected chi connectivity index (χ0v) is 12.1. The molecule has 1 aliphatic rings. The molecule has 1 aliphatic carbocycles. The summed E-state index contributed by atoms with van der Waals surface area (Å²) in [4.78, 5) is 0. The smallest absolute Gasteiger partial charge is 0.201 e. The lowest BCUT2D eigenvalue weighted by molar-refractivity contribution is 0.155. The SMILES string of the molecule is N#C/C(=N\Nc1cc(F)ccc1OC1CCCCC1)C(=N)N. The fourth-order valence-corrected chi connectivity index (χ4v) is 2.32. The number of benzene rings is 1. The van der Waals surface area contributed by atoms with E-state index in [0.717, 1.165) is 25.7 Å². The molecule has 4 N–H and O–H groups in total. The summed E-state index contributed by atoms with van der Waals surface area (Å²) < 4.78 is 19.3. The Kier molecular flexibility index (Phi) is 5.31. The van der Waals surface area contributed by atoms with Crippen molar-refractivity contribution in [3.8, 4) is 11.8 Å². The van der Waals surface area contributed by atoms with E-state index in [1.807, 2.05) is 0 Å². The van der Waals surface area contributed by atoms with Crippen molar-refractivity contribution in [2.75, 3.05) is 5.43 Å². The van der Waals surface area contributed by atoms with Crippen LogP contribution in [0, 0.1) is 22.6 Å². The minimum Gasteiger partial charge on any atom is -0.488 e. The highest BCUT2D eigenvalue weighted by Gasteiger charge is 2.17. The number of rotatable bonds is 5. The third kappa shape index (κ3) is 4.19. The molecule has 2 rings (SSSR count). The van der Waals surface area contributed by atoms with Crippen molar-refractivity contribution in [1.82, 2.24) is 0 Å². The fraction of sp³-hybridized carbons (Fsp3) is 0.400. The van der Waals surface area contributed by atoms with Crippen LogP contribution in [0.3, 0.4) is 0 Å². The van der Waals surface area contributed by atoms with Gasteiger partial charge in [0, 0.05) is 6.07 Å². The molecule has 1 saturated carbocycles. The molecule has 1 aromatic carbocycles. The van der Waals surface area contributed by atoms with Crippen LogP contribution in [0.2, 0.25) is 0 Å². The van der Waals surface area contributed by atoms with Crippen LogP contribution in [0.5, 0.6) is 5.75 Å². The van der Waals surface area contributed by atoms with Crippen LogP contribution >= 0.6 is 0 Å². The first-order valence-corrected chi connectivity index (χ1v) is 7.14. The van der Waals surface area contributed by atoms with Gasteiger partial charge in [0.25, 0.3) is 0 Å². The van der Waals surface area contributed by atoms with Gasteiger partial charge in [-0.3, -0.25) is 10.8 Å². The molecule has 1 fully saturated rings. The number of amidine groups is 1. The molecule has 116 valence electrons. The molecular weight excluding hydrogens is 285 g/mol. The topological polar surface area (TPSA) is 107 Å². The van der Waals surface area contributed by atoms with Crippen LogP contribution in [0.25, 0.3) is 0 Å². The Balaban J connectivity index is 2.17. The Bertz CT molecular complexity index is 617. The molecule has 0 spiro atoms. The predicted molar refractivity (Wildman–Crippen MR) is 82.5 cm³/mol. The molecule has 0 atom stereocenters. The second-order valence-electron chi connectivity index (χ2n) is 5.12. The van der Waals surface area contributed by atoms with Gasteiger partial charge in [-0.05, 0) is 37.8 Å². The number of halogens is 1. The van der Waals surface area contributed by atoms with Gasteiger partial charge in [0.15, 0.2) is 5.84 Å². The second kappa shape index (κ2) is 7.41. The molecule has 1 aromatic rings. The van der Waals surface area contributed by atoms with E-state index in [2.05, 4.69) is 10.5 Å². The third-order valence-electron chi connectivity index (χ3n) is 3.44. The lowest BCUT2D eigenvalue weighted by atomic mass is 9.98. The molecule has 22 heavy (non-hydrogen) atoms. The standard InChI is InChI=1S/C15H18FN5O/c16-10-6-7-14(22-11-4-2-1-3-5-11)12(8-10)20-21-13(9-17)15(18)19/h6-8,11,20H,1-5H2,(H3,18,19)/b21-13+. The van der Waals surface area contributed by atoms with Gasteiger partial charge in [0.1, 0.15) is 23.3 Å². The summed E-state index contributed by atoms with van der Waals surface area (Å²) in [5.74, 6) is -0.436. The summed E-state index contributed by atoms with van der Waals surface area (Å²) >= 11 is 0. The summed E-state index contributed by atoms with van der Waals surface area (Å²) in [6.45, 7) is 0. The molecule has 6 nitrogen and oxygen atoms in total. The molecular formula is C15H18FN5O. The number of ether oxygens (including phenoxy) is 1. The highest BCUT2D eigenvalue weighted by Crippen LogP contribution is 2.30. The monoisotopic (exact) mass is 303 g/mol. The average Bonchev–Trinajstić information content (AvgIpc) is 2.51. The van der Waals surface area contributed by atoms with Crippen molar-refractivity contribution in [2.24, 2.45) is 10.8 Å². The van der Waals surface area contributed by atoms with Crippen molar-refractivity contribution in [3.05, 3.63) is 24.0 Å². The van der Waals surface area contributed by atoms with Gasteiger partial charge in [-0.25, -0.2) is 4.39 Å². The number of nitrogens with two attached hydrogens (primary N) is 1. The molecule has 0 aromatic heterocycles. The number of anilines is 1. The normalized spacial score (nSPS) is 15.9. The molecule has 0 unspecified atom stereocenters. The van der Waals surface area contributed by atoms with E-state index in [1.54, 1.807) is 6.07 Å². The predicted octanol–water partition coefficient (Wildman–Crippen LogP) is 2.76. The Hall–Kier alpha value is -2.62. The van der Waals surface area contributed by atoms with Crippen LogP contribution in [0.15, 0.2) is 23.3 Å². The highest BCUT2D eigenvalue weighted by atomic mass is 19.1. The summed E-state index contributed by atoms with van der Waals surface area (Å²) in [7, 11) is 0. The summed E-state index contributed by atoms with van der Waals surface area (Å²) in [6.07, 6.45) is 5.49. The molecule has 0 heterocycles. The quantitative estimate of drug-likeness (QED) is 0.441. The van der Waals surface area contributed by atoms with E-state index in [0.29, 0.717) is 11.4 Å². The Morgan fingerprint density at radius 1 is 1.41 bits per heavy atom. The number of hydrogen-bond donors (Lipinski definition) is 3. The number of nitriles is 1. The van der Waals surface area contributed by atoms with E-state index in [4.69, 9.17) is 21.1 Å². The third-order valence-corrected chi connectivity index (χ3v) is 3.44. The summed E-state index contributed by atoms with van der Waals surface area (Å²) in [5.41, 5.74) is 7.80. The molecule has 0 saturated heterocycles. The van der Waals surface area contributed by atoms with E-state index in [-0.39, 0.29) is 11.8 Å². The van der Waals surface area contributed by atoms with Crippen molar-refractivity contribution >= 4 is 17.2 Å². The maximum Gasteiger partial charge on any atom is 0.201 e. The lowest BCUT2D eigenvalue weighted by Crippen LogP contribution is -2.22. The van der Waals surface area contributed by atoms with Crippen molar-refractivity contribution < 1.29 is 9.13 Å². The van der Waals surface area contributed by atoms with E-state index in [1.165, 1.54) is 24.6 Å². The minimum absolute atomic E-state index is 0.104. The first-order chi connectivity index (χ1) is 10.6. The van der Waals surface area contributed by atoms with E-state index < -0.39 is 11.7 Å². The zero-order valence-electron chi connectivity index (χ0n) is 12.1. The van der Waals surface area contributed by atoms with Crippen molar-refractivity contribution in [2.45, 2.75) is 38.2 Å². The highest BCUT2D eigenvalue weighted by molar-refractivity contribution is 6.45. The van der Waals surface area contributed by atoms with Crippen LogP contribution in [0.1, 0.15) is 32.1 Å². The fourth-order valence-electron chi connectivity index (χ4n) is 2.32. The van der Waals surface area contributed by atoms with Gasteiger partial charge in [0.05, 0.1) is 6.10 Å². The summed E-state index contributed by atoms with van der Waals surface area (Å²) in [5, 5.41) is 19.7. The number of nitrogens with one attached hydrogen (secondary N) is 2. The molecule has 7 heteroatoms. The minimum atomic E-state index is -0.457. The molecule has 0 aliphatic heterocycles. The van der Waals surface area contributed by atoms with Crippen LogP contribution < -0.4 is 15.9 Å². The lowest BCUT2D eigenvalue weighted by Gasteiger charge is -2.24. The van der Waals surface area contributed by atoms with Crippen molar-refractivity contribution in [1.29, 1.82) is 10.7 Å². The maximum atomic E-state index is 13.4. The van der Waals surface area contributed by atoms with Crippen LogP contribution in [0.4, 0.5) is 10.1 Å². The van der Waals surface area contributed by atoms with Gasteiger partial charge in [0.2, 0.25) is 5.71 Å². The number of nitrogens with zero attached hydrogens (tertiary/aromatic N) is 2. The Morgan fingerprint density at radius 2 is 2.14 bits per heavy atom. The first kappa shape index (κ1) is 15.8. The number of hydrazone groups is 1. The average molecular weight is 303 g/mol. The van der Waals surface area contributed by atoms with Gasteiger partial charge in [-0.15, -0.1) is 0 Å². The largest absolute Gasteiger partial charge is 0.488 e.